The molecule has 0 bridgehead atoms. The van der Waals surface area contributed by atoms with E-state index in [1.54, 1.807) is 42.5 Å². The van der Waals surface area contributed by atoms with Crippen molar-refractivity contribution in [2.24, 2.45) is 17.8 Å². The van der Waals surface area contributed by atoms with Crippen LogP contribution in [0.15, 0.2) is 116 Å². The van der Waals surface area contributed by atoms with Crippen LogP contribution in [0.2, 0.25) is 0 Å². The van der Waals surface area contributed by atoms with Gasteiger partial charge in [-0.25, -0.2) is 23.2 Å². The number of aryl methyl sites for hydroxylation is 1. The summed E-state index contributed by atoms with van der Waals surface area (Å²) in [4.78, 5) is 34.5. The Hall–Kier alpha value is -5.88. The largest absolute Gasteiger partial charge is 0.463 e. The zero-order chi connectivity index (χ0) is 44.8. The zero-order valence-electron chi connectivity index (χ0n) is 36.4. The quantitative estimate of drug-likeness (QED) is 0.0304. The molecule has 4 aromatic rings. The molecule has 0 radical (unpaired) electrons. The van der Waals surface area contributed by atoms with Crippen molar-refractivity contribution in [2.75, 3.05) is 13.2 Å². The number of carbonyl (C=O) groups is 3. The van der Waals surface area contributed by atoms with Gasteiger partial charge in [-0.05, 0) is 178 Å². The van der Waals surface area contributed by atoms with Crippen LogP contribution >= 0.6 is 0 Å². The number of hydrogen-bond acceptors (Lipinski definition) is 7. The Morgan fingerprint density at radius 3 is 1.92 bits per heavy atom. The molecule has 9 heteroatoms. The molecule has 2 aliphatic rings. The molecular formula is C54H65F2NO6. The molecule has 0 heterocycles. The van der Waals surface area contributed by atoms with Crippen molar-refractivity contribution >= 4 is 28.7 Å². The number of hydrogen-bond donors (Lipinski definition) is 0. The van der Waals surface area contributed by atoms with Crippen LogP contribution in [0.5, 0.6) is 5.75 Å². The van der Waals surface area contributed by atoms with Crippen LogP contribution in [0.1, 0.15) is 132 Å². The van der Waals surface area contributed by atoms with Gasteiger partial charge in [-0.15, -0.1) is 0 Å². The summed E-state index contributed by atoms with van der Waals surface area (Å²) < 4.78 is 42.2. The van der Waals surface area contributed by atoms with E-state index in [0.717, 1.165) is 99.3 Å². The molecule has 0 spiro atoms. The lowest BCUT2D eigenvalue weighted by Gasteiger charge is -2.29. The van der Waals surface area contributed by atoms with Crippen molar-refractivity contribution in [3.8, 4) is 11.8 Å². The summed E-state index contributed by atoms with van der Waals surface area (Å²) in [7, 11) is 0. The van der Waals surface area contributed by atoms with Gasteiger partial charge in [-0.1, -0.05) is 74.9 Å². The lowest BCUT2D eigenvalue weighted by Crippen LogP contribution is -2.15. The summed E-state index contributed by atoms with van der Waals surface area (Å²) in [5.74, 6) is 0.288. The van der Waals surface area contributed by atoms with Crippen LogP contribution in [-0.2, 0) is 25.5 Å². The van der Waals surface area contributed by atoms with Gasteiger partial charge in [0.15, 0.2) is 11.6 Å². The van der Waals surface area contributed by atoms with Crippen LogP contribution in [0, 0.1) is 40.7 Å². The van der Waals surface area contributed by atoms with Gasteiger partial charge < -0.3 is 14.2 Å². The van der Waals surface area contributed by atoms with Crippen molar-refractivity contribution in [1.82, 2.24) is 0 Å². The van der Waals surface area contributed by atoms with E-state index in [9.17, 15) is 23.2 Å². The first-order chi connectivity index (χ1) is 30.6. The second-order valence-electron chi connectivity index (χ2n) is 16.8. The predicted molar refractivity (Wildman–Crippen MR) is 248 cm³/mol. The Kier molecular flexibility index (Phi) is 19.8. The second kappa shape index (κ2) is 25.9. The van der Waals surface area contributed by atoms with Crippen LogP contribution in [0.4, 0.5) is 8.78 Å². The number of fused-ring (bicyclic) bond motifs is 1. The monoisotopic (exact) mass is 861 g/mol. The number of ether oxygens (including phenoxy) is 3. The van der Waals surface area contributed by atoms with Crippen molar-refractivity contribution < 1.29 is 40.2 Å². The van der Waals surface area contributed by atoms with Crippen LogP contribution < -0.4 is 4.74 Å². The van der Waals surface area contributed by atoms with Gasteiger partial charge in [0.25, 0.3) is 0 Å². The van der Waals surface area contributed by atoms with Crippen LogP contribution in [0.3, 0.4) is 0 Å². The van der Waals surface area contributed by atoms with Gasteiger partial charge in [-0.2, -0.15) is 5.26 Å². The van der Waals surface area contributed by atoms with Crippen LogP contribution in [-0.4, -0.2) is 31.1 Å². The number of unbranched alkanes of at least 4 members (excludes halogenated alkanes) is 4. The summed E-state index contributed by atoms with van der Waals surface area (Å²) in [6, 6.07) is 24.8. The number of carbonyl (C=O) groups excluding carboxylic acids is 3. The lowest BCUT2D eigenvalue weighted by molar-refractivity contribution is -0.138. The standard InChI is InChI=1S/C28H27NO4.C26H34F2O2.2H2/c1-2-27(30)32-17-7-5-3-4-6-8-21-9-12-23(13-10-21)28(31)33-26-16-15-24-18-22(20-29)11-14-25(24)19-26;1-2-26(29)30-17-3-4-19-5-7-20(8-6-19)9-10-21-11-13-22(14-12-21)23-15-16-24(27)25(28)18-23;;/h2,9-16,18-19H,1,3-8,17H2;2,9-10,15-16,18-22H,1,3-8,11-14,17H2;2*1H. The Morgan fingerprint density at radius 2 is 1.27 bits per heavy atom. The summed E-state index contributed by atoms with van der Waals surface area (Å²) in [6.07, 6.45) is 24.8. The Labute approximate surface area is 374 Å². The van der Waals surface area contributed by atoms with Gasteiger partial charge >= 0.3 is 17.9 Å². The molecular weight excluding hydrogens is 797 g/mol. The van der Waals surface area contributed by atoms with Crippen LogP contribution in [0.25, 0.3) is 10.8 Å². The normalized spacial score (nSPS) is 18.4. The molecule has 0 aliphatic heterocycles. The molecule has 0 N–H and O–H groups in total. The number of esters is 3. The minimum atomic E-state index is -0.763. The molecule has 2 fully saturated rings. The van der Waals surface area contributed by atoms with E-state index in [2.05, 4.69) is 31.4 Å². The summed E-state index contributed by atoms with van der Waals surface area (Å²) in [5, 5.41) is 10.8. The molecule has 6 rings (SSSR count). The lowest BCUT2D eigenvalue weighted by atomic mass is 9.77. The van der Waals surface area contributed by atoms with Gasteiger partial charge in [0, 0.05) is 15.0 Å². The Balaban J connectivity index is 0.000000336. The first-order valence-corrected chi connectivity index (χ1v) is 22.6. The topological polar surface area (TPSA) is 103 Å². The minimum absolute atomic E-state index is 0. The van der Waals surface area contributed by atoms with E-state index in [1.165, 1.54) is 55.5 Å². The molecule has 2 aliphatic carbocycles. The number of nitrogens with zero attached hydrogens (tertiary/aromatic N) is 1. The fourth-order valence-corrected chi connectivity index (χ4v) is 8.52. The Bertz CT molecular complexity index is 2210. The SMILES string of the molecule is C=CC(=O)OCCCC1CCC(C=CC2CCC(c3ccc(F)c(F)c3)CC2)CC1.C=CC(=O)OCCCCCCCc1ccc(C(=O)Oc2ccc3cc(C#N)ccc3c2)cc1.[HH].[HH]. The van der Waals surface area contributed by atoms with Crippen molar-refractivity contribution in [1.29, 1.82) is 5.26 Å². The summed E-state index contributed by atoms with van der Waals surface area (Å²) in [5.41, 5.74) is 3.23. The fourth-order valence-electron chi connectivity index (χ4n) is 8.52. The summed E-state index contributed by atoms with van der Waals surface area (Å²) in [6.45, 7) is 7.72. The van der Waals surface area contributed by atoms with Gasteiger partial charge in [0.1, 0.15) is 5.75 Å². The maximum Gasteiger partial charge on any atom is 0.343 e. The highest BCUT2D eigenvalue weighted by atomic mass is 19.2. The average molecular weight is 862 g/mol. The van der Waals surface area contributed by atoms with E-state index >= 15 is 0 Å². The third-order valence-electron chi connectivity index (χ3n) is 12.3. The third kappa shape index (κ3) is 16.4. The first kappa shape index (κ1) is 48.2. The molecule has 7 nitrogen and oxygen atoms in total. The van der Waals surface area contributed by atoms with Gasteiger partial charge in [0.2, 0.25) is 0 Å². The molecule has 0 amide bonds. The van der Waals surface area contributed by atoms with Gasteiger partial charge in [-0.3, -0.25) is 0 Å². The average Bonchev–Trinajstić information content (AvgIpc) is 3.32. The number of rotatable bonds is 19. The smallest absolute Gasteiger partial charge is 0.343 e. The fraction of sp³-hybridized carbons (Fsp3) is 0.407. The number of halogens is 2. The highest BCUT2D eigenvalue weighted by Gasteiger charge is 2.23. The highest BCUT2D eigenvalue weighted by molar-refractivity contribution is 5.92. The minimum Gasteiger partial charge on any atom is -0.463 e. The maximum atomic E-state index is 13.5. The van der Waals surface area contributed by atoms with E-state index in [-0.39, 0.29) is 14.8 Å². The molecule has 2 saturated carbocycles. The highest BCUT2D eigenvalue weighted by Crippen LogP contribution is 2.38. The van der Waals surface area contributed by atoms with Crippen molar-refractivity contribution in [3.63, 3.8) is 0 Å². The van der Waals surface area contributed by atoms with Crippen molar-refractivity contribution in [2.45, 2.75) is 109 Å². The maximum absolute atomic E-state index is 13.5. The zero-order valence-corrected chi connectivity index (χ0v) is 36.4. The van der Waals surface area contributed by atoms with Gasteiger partial charge in [0.05, 0.1) is 30.4 Å². The first-order valence-electron chi connectivity index (χ1n) is 22.6. The van der Waals surface area contributed by atoms with Crippen molar-refractivity contribution in [3.05, 3.63) is 150 Å². The van der Waals surface area contributed by atoms with E-state index in [0.29, 0.717) is 47.8 Å². The number of allylic oxidation sites excluding steroid dienone is 2. The molecule has 0 unspecified atom stereocenters. The van der Waals surface area contributed by atoms with E-state index < -0.39 is 17.6 Å². The second-order valence-corrected chi connectivity index (χ2v) is 16.8. The molecule has 0 aromatic heterocycles. The molecule has 63 heavy (non-hydrogen) atoms. The number of benzene rings is 4. The molecule has 0 atom stereocenters. The Morgan fingerprint density at radius 1 is 0.667 bits per heavy atom. The van der Waals surface area contributed by atoms with E-state index in [1.807, 2.05) is 24.3 Å². The van der Waals surface area contributed by atoms with E-state index in [4.69, 9.17) is 19.5 Å². The number of nitriles is 1. The third-order valence-corrected chi connectivity index (χ3v) is 12.3. The molecule has 4 aromatic carbocycles. The molecule has 336 valence electrons. The molecule has 0 saturated heterocycles. The summed E-state index contributed by atoms with van der Waals surface area (Å²) >= 11 is 0. The predicted octanol–water partition coefficient (Wildman–Crippen LogP) is 13.8.